The topological polar surface area (TPSA) is 91.0 Å². The highest BCUT2D eigenvalue weighted by atomic mass is 19.1. The first-order valence-corrected chi connectivity index (χ1v) is 11.1. The van der Waals surface area contributed by atoms with Crippen LogP contribution in [0.2, 0.25) is 0 Å². The van der Waals surface area contributed by atoms with E-state index in [-0.39, 0.29) is 46.4 Å². The fraction of sp³-hybridized carbons (Fsp3) is 0.111. The molecule has 0 aliphatic heterocycles. The smallest absolute Gasteiger partial charge is 0.199 e. The molecule has 0 aliphatic rings. The number of rotatable bonds is 7. The minimum absolute atomic E-state index is 0.000329. The Morgan fingerprint density at radius 2 is 1.76 bits per heavy atom. The number of aliphatic hydroxyl groups is 1. The number of H-pyrrole nitrogens is 2. The number of halogens is 4. The average molecular weight is 511 g/mol. The molecule has 190 valence electrons. The van der Waals surface area contributed by atoms with Gasteiger partial charge in [0.2, 0.25) is 0 Å². The molecular formula is C27H21F4N3O3. The van der Waals surface area contributed by atoms with Crippen LogP contribution in [0.5, 0.6) is 11.5 Å². The second-order valence-electron chi connectivity index (χ2n) is 7.88. The summed E-state index contributed by atoms with van der Waals surface area (Å²) in [5, 5.41) is 7.16. The zero-order valence-corrected chi connectivity index (χ0v) is 19.5. The summed E-state index contributed by atoms with van der Waals surface area (Å²) in [4.78, 5) is 20.6. The lowest BCUT2D eigenvalue weighted by Gasteiger charge is -2.10. The summed E-state index contributed by atoms with van der Waals surface area (Å²) in [5.41, 5.74) is 1.42. The van der Waals surface area contributed by atoms with E-state index in [2.05, 4.69) is 15.0 Å². The van der Waals surface area contributed by atoms with Crippen molar-refractivity contribution >= 4 is 17.2 Å². The van der Waals surface area contributed by atoms with Crippen molar-refractivity contribution in [1.82, 2.24) is 15.0 Å². The third-order valence-electron chi connectivity index (χ3n) is 5.59. The number of imidazole rings is 1. The lowest BCUT2D eigenvalue weighted by Crippen LogP contribution is -1.99. The van der Waals surface area contributed by atoms with E-state index in [4.69, 9.17) is 9.84 Å². The van der Waals surface area contributed by atoms with E-state index >= 15 is 0 Å². The molecule has 0 radical (unpaired) electrons. The van der Waals surface area contributed by atoms with Gasteiger partial charge in [0.05, 0.1) is 11.1 Å². The molecule has 0 fully saturated rings. The summed E-state index contributed by atoms with van der Waals surface area (Å²) in [6.45, 7) is 0. The van der Waals surface area contributed by atoms with Crippen LogP contribution in [-0.4, -0.2) is 33.5 Å². The van der Waals surface area contributed by atoms with Crippen LogP contribution >= 0.6 is 0 Å². The Balaban J connectivity index is 0.00000156. The van der Waals surface area contributed by atoms with Gasteiger partial charge in [-0.2, -0.15) is 0 Å². The van der Waals surface area contributed by atoms with Gasteiger partial charge in [0.25, 0.3) is 0 Å². The molecule has 5 rings (SSSR count). The second kappa shape index (κ2) is 11.1. The van der Waals surface area contributed by atoms with Gasteiger partial charge >= 0.3 is 0 Å². The summed E-state index contributed by atoms with van der Waals surface area (Å²) in [7, 11) is 1.00. The van der Waals surface area contributed by atoms with Crippen LogP contribution in [0.1, 0.15) is 16.8 Å². The molecule has 0 aliphatic carbocycles. The average Bonchev–Trinajstić information content (AvgIpc) is 3.56. The lowest BCUT2D eigenvalue weighted by atomic mass is 10.0. The Morgan fingerprint density at radius 3 is 2.54 bits per heavy atom. The van der Waals surface area contributed by atoms with Gasteiger partial charge in [-0.1, -0.05) is 18.2 Å². The van der Waals surface area contributed by atoms with E-state index in [1.54, 1.807) is 12.1 Å². The van der Waals surface area contributed by atoms with Gasteiger partial charge in [0.1, 0.15) is 29.5 Å². The Bertz CT molecular complexity index is 1560. The number of carbonyl (C=O) groups excluding carboxylic acids is 1. The standard InChI is InChI=1S/C26H17F4N3O2.CH4O/c27-20-5-4-17(35-25-21(28)12-22-18(24(25)30)6-8-31-22)11-19(20)26-32-13-16(33-26)10-15-3-1-2-14(7-9-34)23(15)29;1-2/h1-6,8-9,11-13,31H,7,10H2,(H,32,33);2H,1H3. The number of fused-ring (bicyclic) bond motifs is 1. The molecular weight excluding hydrogens is 490 g/mol. The maximum Gasteiger partial charge on any atom is 0.199 e. The Labute approximate surface area is 208 Å². The fourth-order valence-corrected chi connectivity index (χ4v) is 3.88. The van der Waals surface area contributed by atoms with Gasteiger partial charge in [0, 0.05) is 49.5 Å². The van der Waals surface area contributed by atoms with Crippen molar-refractivity contribution in [2.45, 2.75) is 12.8 Å². The van der Waals surface area contributed by atoms with Crippen LogP contribution in [0.15, 0.2) is 60.9 Å². The molecule has 0 unspecified atom stereocenters. The SMILES string of the molecule is CO.O=CCc1cccc(Cc2cnc(-c3cc(Oc4c(F)cc5[nH]ccc5c4F)ccc3F)[nH]2)c1F. The number of hydrogen-bond donors (Lipinski definition) is 3. The summed E-state index contributed by atoms with van der Waals surface area (Å²) in [6, 6.07) is 10.9. The van der Waals surface area contributed by atoms with E-state index in [0.29, 0.717) is 17.5 Å². The van der Waals surface area contributed by atoms with Gasteiger partial charge in [-0.25, -0.2) is 22.5 Å². The van der Waals surface area contributed by atoms with Crippen molar-refractivity contribution in [2.75, 3.05) is 7.11 Å². The van der Waals surface area contributed by atoms with Crippen molar-refractivity contribution < 1.29 is 32.2 Å². The van der Waals surface area contributed by atoms with Crippen LogP contribution in [0.25, 0.3) is 22.3 Å². The van der Waals surface area contributed by atoms with E-state index in [1.807, 2.05) is 0 Å². The number of nitrogens with one attached hydrogen (secondary N) is 2. The minimum Gasteiger partial charge on any atom is -0.451 e. The van der Waals surface area contributed by atoms with Crippen molar-refractivity contribution in [3.05, 3.63) is 101 Å². The molecule has 2 aromatic heterocycles. The number of aromatic amines is 2. The van der Waals surface area contributed by atoms with E-state index in [0.717, 1.165) is 19.2 Å². The fourth-order valence-electron chi connectivity index (χ4n) is 3.88. The molecule has 0 bridgehead atoms. The number of benzene rings is 3. The molecule has 2 heterocycles. The maximum atomic E-state index is 14.7. The van der Waals surface area contributed by atoms with Gasteiger partial charge < -0.3 is 24.6 Å². The van der Waals surface area contributed by atoms with Crippen LogP contribution in [0.4, 0.5) is 17.6 Å². The molecule has 6 nitrogen and oxygen atoms in total. The van der Waals surface area contributed by atoms with Crippen molar-refractivity contribution in [3.63, 3.8) is 0 Å². The number of aldehydes is 1. The highest BCUT2D eigenvalue weighted by molar-refractivity contribution is 5.82. The highest BCUT2D eigenvalue weighted by Gasteiger charge is 2.19. The van der Waals surface area contributed by atoms with Gasteiger partial charge in [-0.15, -0.1) is 0 Å². The first-order chi connectivity index (χ1) is 17.9. The van der Waals surface area contributed by atoms with Gasteiger partial charge in [-0.3, -0.25) is 0 Å². The zero-order valence-electron chi connectivity index (χ0n) is 19.5. The number of ether oxygens (including phenoxy) is 1. The molecule has 5 aromatic rings. The molecule has 0 saturated heterocycles. The lowest BCUT2D eigenvalue weighted by molar-refractivity contribution is -0.107. The summed E-state index contributed by atoms with van der Waals surface area (Å²) in [5.74, 6) is -3.40. The van der Waals surface area contributed by atoms with Crippen molar-refractivity contribution in [1.29, 1.82) is 0 Å². The highest BCUT2D eigenvalue weighted by Crippen LogP contribution is 2.34. The predicted octanol–water partition coefficient (Wildman–Crippen LogP) is 5.85. The second-order valence-corrected chi connectivity index (χ2v) is 7.88. The maximum absolute atomic E-state index is 14.7. The third kappa shape index (κ3) is 5.24. The summed E-state index contributed by atoms with van der Waals surface area (Å²) >= 11 is 0. The zero-order chi connectivity index (χ0) is 26.5. The molecule has 0 spiro atoms. The first-order valence-electron chi connectivity index (χ1n) is 11.1. The van der Waals surface area contributed by atoms with Crippen LogP contribution in [-0.2, 0) is 17.6 Å². The van der Waals surface area contributed by atoms with Crippen LogP contribution in [0.3, 0.4) is 0 Å². The number of hydrogen-bond acceptors (Lipinski definition) is 4. The van der Waals surface area contributed by atoms with E-state index < -0.39 is 29.0 Å². The van der Waals surface area contributed by atoms with E-state index in [9.17, 15) is 22.4 Å². The quantitative estimate of drug-likeness (QED) is 0.189. The predicted molar refractivity (Wildman–Crippen MR) is 129 cm³/mol. The molecule has 10 heteroatoms. The molecule has 0 saturated carbocycles. The third-order valence-corrected chi connectivity index (χ3v) is 5.59. The molecule has 0 atom stereocenters. The number of aromatic nitrogens is 3. The number of carbonyl (C=O) groups is 1. The molecule has 0 amide bonds. The van der Waals surface area contributed by atoms with Crippen LogP contribution in [0, 0.1) is 23.3 Å². The Kier molecular flexibility index (Phi) is 7.69. The number of nitrogens with zero attached hydrogens (tertiary/aromatic N) is 1. The Morgan fingerprint density at radius 1 is 0.973 bits per heavy atom. The van der Waals surface area contributed by atoms with Gasteiger partial charge in [0.15, 0.2) is 17.4 Å². The van der Waals surface area contributed by atoms with Crippen molar-refractivity contribution in [2.24, 2.45) is 0 Å². The minimum atomic E-state index is -0.914. The largest absolute Gasteiger partial charge is 0.451 e. The van der Waals surface area contributed by atoms with Crippen molar-refractivity contribution in [3.8, 4) is 22.9 Å². The number of aliphatic hydroxyl groups excluding tert-OH is 1. The molecule has 37 heavy (non-hydrogen) atoms. The molecule has 3 N–H and O–H groups in total. The van der Waals surface area contributed by atoms with E-state index in [1.165, 1.54) is 36.7 Å². The molecule has 3 aromatic carbocycles. The van der Waals surface area contributed by atoms with Crippen LogP contribution < -0.4 is 4.74 Å². The monoisotopic (exact) mass is 511 g/mol. The first kappa shape index (κ1) is 25.6. The normalized spacial score (nSPS) is 10.8. The summed E-state index contributed by atoms with van der Waals surface area (Å²) < 4.78 is 63.8. The van der Waals surface area contributed by atoms with Gasteiger partial charge in [-0.05, 0) is 35.4 Å². The summed E-state index contributed by atoms with van der Waals surface area (Å²) in [6.07, 6.45) is 3.64. The Hall–Kier alpha value is -4.44.